The molecule has 0 heterocycles. The topological polar surface area (TPSA) is 20.2 Å². The van der Waals surface area contributed by atoms with Gasteiger partial charge in [-0.2, -0.15) is 0 Å². The highest BCUT2D eigenvalue weighted by Crippen LogP contribution is 2.65. The molecule has 0 aromatic carbocycles. The lowest BCUT2D eigenvalue weighted by Crippen LogP contribution is -2.46. The minimum absolute atomic E-state index is 0.206. The Kier molecular flexibility index (Phi) is 4.73. The molecule has 29 heavy (non-hydrogen) atoms. The Balaban J connectivity index is 1.63. The molecule has 0 aromatic rings. The van der Waals surface area contributed by atoms with Crippen LogP contribution in [0.2, 0.25) is 0 Å². The van der Waals surface area contributed by atoms with E-state index in [4.69, 9.17) is 4.11 Å². The van der Waals surface area contributed by atoms with Gasteiger partial charge >= 0.3 is 0 Å². The average Bonchev–Trinajstić information content (AvgIpc) is 3.06. The van der Waals surface area contributed by atoms with Gasteiger partial charge in [0.2, 0.25) is 0 Å². The van der Waals surface area contributed by atoms with E-state index in [0.717, 1.165) is 6.42 Å². The summed E-state index contributed by atoms with van der Waals surface area (Å²) in [5, 5.41) is 10.5. The minimum Gasteiger partial charge on any atom is -0.393 e. The molecule has 1 nitrogen and oxygen atoms in total. The number of hydrogen-bond donors (Lipinski definition) is 1. The molecule has 3 unspecified atom stereocenters. The largest absolute Gasteiger partial charge is 0.393 e. The molecule has 162 valence electrons. The zero-order chi connectivity index (χ0) is 23.7. The molecule has 0 bridgehead atoms. The van der Waals surface area contributed by atoms with Gasteiger partial charge in [0, 0.05) is 2.74 Å². The first kappa shape index (κ1) is 17.8. The second-order valence-corrected chi connectivity index (χ2v) is 11.4. The van der Waals surface area contributed by atoms with Gasteiger partial charge < -0.3 is 5.11 Å². The van der Waals surface area contributed by atoms with Crippen LogP contribution in [-0.2, 0) is 0 Å². The Morgan fingerprint density at radius 3 is 2.52 bits per heavy atom. The quantitative estimate of drug-likeness (QED) is 0.491. The van der Waals surface area contributed by atoms with Gasteiger partial charge in [-0.1, -0.05) is 77.0 Å². The van der Waals surface area contributed by atoms with Gasteiger partial charge in [0.15, 0.2) is 0 Å². The van der Waals surface area contributed by atoms with Crippen molar-refractivity contribution in [1.82, 2.24) is 0 Å². The second kappa shape index (κ2) is 7.70. The third-order valence-electron chi connectivity index (χ3n) is 9.58. The average molecular weight is 400 g/mol. The van der Waals surface area contributed by atoms with Crippen molar-refractivity contribution in [2.75, 3.05) is 0 Å². The highest BCUT2D eigenvalue weighted by Gasteiger charge is 2.56. The summed E-state index contributed by atoms with van der Waals surface area (Å²) < 4.78 is 25.4. The van der Waals surface area contributed by atoms with Crippen LogP contribution in [0.3, 0.4) is 0 Å². The van der Waals surface area contributed by atoms with E-state index < -0.39 is 12.5 Å². The van der Waals surface area contributed by atoms with Crippen LogP contribution in [0, 0.1) is 46.3 Å². The molecule has 0 aromatic heterocycles. The summed E-state index contributed by atoms with van der Waals surface area (Å²) in [5.41, 5.74) is 2.21. The first-order chi connectivity index (χ1) is 14.8. The van der Waals surface area contributed by atoms with Crippen LogP contribution in [0.5, 0.6) is 0 Å². The van der Waals surface area contributed by atoms with Crippen LogP contribution in [-0.4, -0.2) is 11.2 Å². The summed E-state index contributed by atoms with van der Waals surface area (Å²) in [4.78, 5) is 0. The highest BCUT2D eigenvalue weighted by atomic mass is 16.3. The molecule has 4 aliphatic rings. The van der Waals surface area contributed by atoms with Gasteiger partial charge in [0.05, 0.1) is 7.45 Å². The third kappa shape index (κ3) is 3.50. The van der Waals surface area contributed by atoms with Gasteiger partial charge in [-0.25, -0.2) is 0 Å². The molecule has 3 saturated carbocycles. The molecule has 4 aliphatic carbocycles. The predicted octanol–water partition coefficient (Wildman–Crippen LogP) is 7.33. The molecular formula is C28H44O. The van der Waals surface area contributed by atoms with Crippen molar-refractivity contribution < 1.29 is 9.22 Å². The first-order valence-corrected chi connectivity index (χ1v) is 12.1. The molecule has 0 amide bonds. The summed E-state index contributed by atoms with van der Waals surface area (Å²) >= 11 is 0. The zero-order valence-corrected chi connectivity index (χ0v) is 19.5. The predicted molar refractivity (Wildman–Crippen MR) is 123 cm³/mol. The van der Waals surface area contributed by atoms with E-state index in [9.17, 15) is 5.11 Å². The Hall–Kier alpha value is -0.820. The van der Waals surface area contributed by atoms with Crippen LogP contribution in [0.15, 0.2) is 35.5 Å². The number of fused-ring (bicyclic) bond motifs is 5. The van der Waals surface area contributed by atoms with Crippen molar-refractivity contribution in [3.05, 3.63) is 35.5 Å². The summed E-state index contributed by atoms with van der Waals surface area (Å²) in [5.74, 6) is 3.47. The fourth-order valence-electron chi connectivity index (χ4n) is 7.17. The van der Waals surface area contributed by atoms with E-state index >= 15 is 0 Å². The van der Waals surface area contributed by atoms with Crippen LogP contribution >= 0.6 is 0 Å². The fraction of sp³-hybridized carbons (Fsp3) is 0.786. The van der Waals surface area contributed by atoms with Crippen LogP contribution in [0.4, 0.5) is 0 Å². The molecule has 8 atom stereocenters. The molecule has 4 rings (SSSR count). The van der Waals surface area contributed by atoms with E-state index in [1.807, 2.05) is 6.08 Å². The second-order valence-electron chi connectivity index (χ2n) is 11.4. The van der Waals surface area contributed by atoms with E-state index in [-0.39, 0.29) is 11.8 Å². The van der Waals surface area contributed by atoms with E-state index in [1.165, 1.54) is 24.8 Å². The number of aliphatic hydroxyl groups is 1. The smallest absolute Gasteiger partial charge is 0.0604 e. The van der Waals surface area contributed by atoms with Crippen molar-refractivity contribution in [2.45, 2.75) is 92.5 Å². The standard InChI is InChI=1S/C28H44O/c1-18(2)19(3)7-8-20(4)24-11-12-25-23-10-9-21-17-22(29)13-15-27(21,5)26(23)14-16-28(24,25)6/h7-10,18-20,22,24-26,29H,11-17H2,1-6H3/b8-7+/t19-,20+,22-,24?,25?,26?,27-,28+/m0/s1/i17D2,22D. The number of rotatable bonds is 4. The van der Waals surface area contributed by atoms with Crippen LogP contribution in [0.25, 0.3) is 0 Å². The monoisotopic (exact) mass is 399 g/mol. The molecule has 1 heteroatoms. The Bertz CT molecular complexity index is 838. The maximum Gasteiger partial charge on any atom is 0.0604 e. The molecule has 0 radical (unpaired) electrons. The lowest BCUT2D eigenvalue weighted by Gasteiger charge is -2.55. The van der Waals surface area contributed by atoms with E-state index in [0.29, 0.717) is 52.9 Å². The SMILES string of the molecule is [2H]C1([2H])C2=CC=C3C4CCC([C@H](C)/C=C/[C@H](C)C(C)C)[C@@]4(C)CCC3[C@@]2(C)CC[C@]1([2H])O. The third-order valence-corrected chi connectivity index (χ3v) is 9.58. The Morgan fingerprint density at radius 1 is 1.03 bits per heavy atom. The molecular weight excluding hydrogens is 352 g/mol. The maximum absolute atomic E-state index is 10.5. The Labute approximate surface area is 184 Å². The summed E-state index contributed by atoms with van der Waals surface area (Å²) in [6, 6.07) is 0. The van der Waals surface area contributed by atoms with Gasteiger partial charge in [-0.3, -0.25) is 0 Å². The molecule has 0 saturated heterocycles. The van der Waals surface area contributed by atoms with E-state index in [2.05, 4.69) is 59.8 Å². The number of allylic oxidation sites excluding steroid dienone is 5. The lowest BCUT2D eigenvalue weighted by atomic mass is 9.50. The first-order valence-electron chi connectivity index (χ1n) is 13.6. The molecule has 0 spiro atoms. The normalized spacial score (nSPS) is 49.8. The molecule has 0 aliphatic heterocycles. The van der Waals surface area contributed by atoms with Crippen molar-refractivity contribution in [1.29, 1.82) is 0 Å². The van der Waals surface area contributed by atoms with Crippen molar-refractivity contribution in [2.24, 2.45) is 46.3 Å². The lowest BCUT2D eigenvalue weighted by molar-refractivity contribution is 0.0382. The van der Waals surface area contributed by atoms with Crippen molar-refractivity contribution >= 4 is 0 Å². The van der Waals surface area contributed by atoms with Crippen LogP contribution in [0.1, 0.15) is 90.6 Å². The van der Waals surface area contributed by atoms with Gasteiger partial charge in [-0.05, 0) is 91.2 Å². The molecule has 3 fully saturated rings. The highest BCUT2D eigenvalue weighted by molar-refractivity contribution is 5.39. The Morgan fingerprint density at radius 2 is 1.79 bits per heavy atom. The maximum atomic E-state index is 10.5. The van der Waals surface area contributed by atoms with Crippen LogP contribution < -0.4 is 0 Å². The van der Waals surface area contributed by atoms with E-state index in [1.54, 1.807) is 0 Å². The fourth-order valence-corrected chi connectivity index (χ4v) is 7.17. The van der Waals surface area contributed by atoms with Gasteiger partial charge in [-0.15, -0.1) is 0 Å². The summed E-state index contributed by atoms with van der Waals surface area (Å²) in [6.45, 7) is 14.0. The summed E-state index contributed by atoms with van der Waals surface area (Å²) in [7, 11) is 0. The van der Waals surface area contributed by atoms with Gasteiger partial charge in [0.25, 0.3) is 0 Å². The molecule has 1 N–H and O–H groups in total. The summed E-state index contributed by atoms with van der Waals surface area (Å²) in [6.07, 6.45) is 10.7. The van der Waals surface area contributed by atoms with Gasteiger partial charge in [0.1, 0.15) is 0 Å². The number of hydrogen-bond acceptors (Lipinski definition) is 1. The van der Waals surface area contributed by atoms with Crippen molar-refractivity contribution in [3.63, 3.8) is 0 Å². The van der Waals surface area contributed by atoms with Crippen molar-refractivity contribution in [3.8, 4) is 0 Å². The zero-order valence-electron chi connectivity index (χ0n) is 22.5. The minimum atomic E-state index is -2.03.